The largest absolute Gasteiger partial charge is 0.493 e. The van der Waals surface area contributed by atoms with Gasteiger partial charge in [-0.15, -0.1) is 0 Å². The van der Waals surface area contributed by atoms with Crippen LogP contribution < -0.4 is 15.2 Å². The van der Waals surface area contributed by atoms with Crippen LogP contribution in [0.2, 0.25) is 0 Å². The van der Waals surface area contributed by atoms with E-state index in [9.17, 15) is 4.39 Å². The molecule has 1 saturated heterocycles. The molecule has 0 radical (unpaired) electrons. The van der Waals surface area contributed by atoms with Crippen molar-refractivity contribution in [2.45, 2.75) is 19.3 Å². The average molecular weight is 449 g/mol. The molecule has 1 fully saturated rings. The maximum Gasteiger partial charge on any atom is 0.259 e. The molecule has 172 valence electrons. The number of hydrogen-bond donors (Lipinski definition) is 1. The number of hydrogen-bond acceptors (Lipinski definition) is 6. The zero-order valence-electron chi connectivity index (χ0n) is 18.8. The topological polar surface area (TPSA) is 73.5 Å². The van der Waals surface area contributed by atoms with E-state index in [4.69, 9.17) is 15.2 Å². The Bertz CT molecular complexity index is 1110. The Morgan fingerprint density at radius 2 is 2.03 bits per heavy atom. The smallest absolute Gasteiger partial charge is 0.259 e. The van der Waals surface area contributed by atoms with Crippen LogP contribution >= 0.6 is 0 Å². The molecule has 6 nitrogen and oxygen atoms in total. The zero-order chi connectivity index (χ0) is 23.0. The Morgan fingerprint density at radius 3 is 2.88 bits per heavy atom. The minimum atomic E-state index is -0.625. The lowest BCUT2D eigenvalue weighted by molar-refractivity contribution is 0.150. The molecule has 1 aliphatic rings. The second-order valence-electron chi connectivity index (χ2n) is 8.34. The lowest BCUT2D eigenvalue weighted by atomic mass is 9.99. The molecule has 1 aromatic heterocycles. The Kier molecular flexibility index (Phi) is 7.52. The molecule has 0 spiro atoms. The predicted octanol–water partition coefficient (Wildman–Crippen LogP) is 4.81. The Balaban J connectivity index is 1.47. The van der Waals surface area contributed by atoms with Crippen LogP contribution in [0.25, 0.3) is 11.4 Å². The van der Waals surface area contributed by atoms with E-state index in [1.54, 1.807) is 6.07 Å². The third kappa shape index (κ3) is 6.29. The molecule has 2 N–H and O–H groups in total. The van der Waals surface area contributed by atoms with Gasteiger partial charge in [-0.25, -0.2) is 4.98 Å². The van der Waals surface area contributed by atoms with Gasteiger partial charge in [0.15, 0.2) is 5.82 Å². The van der Waals surface area contributed by atoms with Crippen molar-refractivity contribution in [1.82, 2.24) is 14.9 Å². The first-order valence-corrected chi connectivity index (χ1v) is 11.2. The minimum absolute atomic E-state index is 0.122. The monoisotopic (exact) mass is 448 g/mol. The number of likely N-dealkylation sites (tertiary alicyclic amines) is 1. The first kappa shape index (κ1) is 22.7. The van der Waals surface area contributed by atoms with Crippen molar-refractivity contribution in [1.29, 1.82) is 0 Å². The standard InChI is InChI=1S/C26H29FN4O2/c1-31-13-5-8-20(17-31)18-32-22-10-3-9-21(15-22)25-29-16-24(27)26(30-25)33-23-11-2-6-19(14-23)7-4-12-28/h2-4,6,9-12,14-16,20H,5,7-8,13,17-18,28H2,1H3. The molecule has 0 aliphatic carbocycles. The third-order valence-electron chi connectivity index (χ3n) is 5.61. The summed E-state index contributed by atoms with van der Waals surface area (Å²) < 4.78 is 26.2. The number of rotatable bonds is 8. The van der Waals surface area contributed by atoms with E-state index < -0.39 is 5.82 Å². The summed E-state index contributed by atoms with van der Waals surface area (Å²) in [6.45, 7) is 2.86. The van der Waals surface area contributed by atoms with Crippen molar-refractivity contribution in [2.75, 3.05) is 26.7 Å². The number of piperidine rings is 1. The molecule has 7 heteroatoms. The van der Waals surface area contributed by atoms with Crippen LogP contribution in [0, 0.1) is 11.7 Å². The van der Waals surface area contributed by atoms with Gasteiger partial charge in [0.05, 0.1) is 12.8 Å². The first-order chi connectivity index (χ1) is 16.1. The van der Waals surface area contributed by atoms with Crippen molar-refractivity contribution in [3.63, 3.8) is 0 Å². The lowest BCUT2D eigenvalue weighted by Gasteiger charge is -2.29. The molecular weight excluding hydrogens is 419 g/mol. The minimum Gasteiger partial charge on any atom is -0.493 e. The van der Waals surface area contributed by atoms with E-state index in [1.165, 1.54) is 19.0 Å². The first-order valence-electron chi connectivity index (χ1n) is 11.2. The molecule has 0 amide bonds. The van der Waals surface area contributed by atoms with Crippen molar-refractivity contribution >= 4 is 0 Å². The molecule has 2 aromatic carbocycles. The number of ether oxygens (including phenoxy) is 2. The summed E-state index contributed by atoms with van der Waals surface area (Å²) in [4.78, 5) is 10.8. The Labute approximate surface area is 193 Å². The SMILES string of the molecule is CN1CCCC(COc2cccc(-c3ncc(F)c(Oc4cccc(CC=CN)c4)n3)c2)C1. The quantitative estimate of drug-likeness (QED) is 0.533. The molecule has 1 unspecified atom stereocenters. The van der Waals surface area contributed by atoms with Crippen LogP contribution in [0.4, 0.5) is 4.39 Å². The van der Waals surface area contributed by atoms with Gasteiger partial charge < -0.3 is 20.1 Å². The van der Waals surface area contributed by atoms with E-state index in [0.29, 0.717) is 30.5 Å². The van der Waals surface area contributed by atoms with Gasteiger partial charge in [-0.05, 0) is 68.9 Å². The summed E-state index contributed by atoms with van der Waals surface area (Å²) in [5, 5.41) is 0. The van der Waals surface area contributed by atoms with Crippen LogP contribution in [0.5, 0.6) is 17.4 Å². The molecule has 0 bridgehead atoms. The third-order valence-corrected chi connectivity index (χ3v) is 5.61. The van der Waals surface area contributed by atoms with Gasteiger partial charge in [0.2, 0.25) is 5.82 Å². The van der Waals surface area contributed by atoms with E-state index in [2.05, 4.69) is 21.9 Å². The van der Waals surface area contributed by atoms with Gasteiger partial charge in [-0.1, -0.05) is 30.3 Å². The van der Waals surface area contributed by atoms with Gasteiger partial charge in [-0.2, -0.15) is 9.37 Å². The van der Waals surface area contributed by atoms with E-state index >= 15 is 0 Å². The molecule has 2 heterocycles. The summed E-state index contributed by atoms with van der Waals surface area (Å²) in [6.07, 6.45) is 7.50. The molecule has 3 aromatic rings. The van der Waals surface area contributed by atoms with Gasteiger partial charge in [0.25, 0.3) is 5.88 Å². The van der Waals surface area contributed by atoms with Crippen LogP contribution in [0.3, 0.4) is 0 Å². The van der Waals surface area contributed by atoms with Gasteiger partial charge in [0.1, 0.15) is 11.5 Å². The number of aromatic nitrogens is 2. The molecular formula is C26H29FN4O2. The van der Waals surface area contributed by atoms with E-state index in [-0.39, 0.29) is 5.88 Å². The lowest BCUT2D eigenvalue weighted by Crippen LogP contribution is -2.34. The molecule has 33 heavy (non-hydrogen) atoms. The average Bonchev–Trinajstić information content (AvgIpc) is 2.83. The van der Waals surface area contributed by atoms with Crippen molar-refractivity contribution in [3.05, 3.63) is 78.4 Å². The van der Waals surface area contributed by atoms with Crippen LogP contribution in [-0.4, -0.2) is 41.6 Å². The highest BCUT2D eigenvalue weighted by Crippen LogP contribution is 2.27. The maximum atomic E-state index is 14.4. The van der Waals surface area contributed by atoms with Crippen LogP contribution in [-0.2, 0) is 6.42 Å². The second kappa shape index (κ2) is 10.9. The van der Waals surface area contributed by atoms with Gasteiger partial charge in [-0.3, -0.25) is 0 Å². The maximum absolute atomic E-state index is 14.4. The van der Waals surface area contributed by atoms with E-state index in [1.807, 2.05) is 48.5 Å². The van der Waals surface area contributed by atoms with Crippen molar-refractivity contribution < 1.29 is 13.9 Å². The highest BCUT2D eigenvalue weighted by atomic mass is 19.1. The normalized spacial score (nSPS) is 16.7. The number of allylic oxidation sites excluding steroid dienone is 1. The van der Waals surface area contributed by atoms with Gasteiger partial charge >= 0.3 is 0 Å². The molecule has 1 aliphatic heterocycles. The summed E-state index contributed by atoms with van der Waals surface area (Å²) in [5.41, 5.74) is 7.15. The van der Waals surface area contributed by atoms with Crippen molar-refractivity contribution in [3.8, 4) is 28.8 Å². The summed E-state index contributed by atoms with van der Waals surface area (Å²) >= 11 is 0. The summed E-state index contributed by atoms with van der Waals surface area (Å²) in [6, 6.07) is 14.9. The molecule has 0 saturated carbocycles. The Hall–Kier alpha value is -3.45. The second-order valence-corrected chi connectivity index (χ2v) is 8.34. The number of benzene rings is 2. The fraction of sp³-hybridized carbons (Fsp3) is 0.308. The molecule has 4 rings (SSSR count). The van der Waals surface area contributed by atoms with Crippen LogP contribution in [0.15, 0.2) is 67.0 Å². The highest BCUT2D eigenvalue weighted by Gasteiger charge is 2.18. The van der Waals surface area contributed by atoms with Crippen LogP contribution in [0.1, 0.15) is 18.4 Å². The Morgan fingerprint density at radius 1 is 1.18 bits per heavy atom. The molecule has 1 atom stereocenters. The van der Waals surface area contributed by atoms with E-state index in [0.717, 1.165) is 36.2 Å². The highest BCUT2D eigenvalue weighted by molar-refractivity contribution is 5.58. The number of nitrogens with two attached hydrogens (primary N) is 1. The fourth-order valence-corrected chi connectivity index (χ4v) is 3.96. The van der Waals surface area contributed by atoms with Crippen molar-refractivity contribution in [2.24, 2.45) is 11.7 Å². The zero-order valence-corrected chi connectivity index (χ0v) is 18.8. The fourth-order valence-electron chi connectivity index (χ4n) is 3.96. The number of nitrogens with zero attached hydrogens (tertiary/aromatic N) is 3. The predicted molar refractivity (Wildman–Crippen MR) is 127 cm³/mol. The number of halogens is 1. The summed E-state index contributed by atoms with van der Waals surface area (Å²) in [7, 11) is 2.14. The summed E-state index contributed by atoms with van der Waals surface area (Å²) in [5.74, 6) is 1.39. The van der Waals surface area contributed by atoms with Gasteiger partial charge in [0, 0.05) is 18.0 Å².